The van der Waals surface area contributed by atoms with Gasteiger partial charge < -0.3 is 19.0 Å². The Morgan fingerprint density at radius 3 is 2.75 bits per heavy atom. The SMILES string of the molecule is COc1cccc(N2CC[NH+](Cc3nc4ccccc4o3)CC2)c1. The van der Waals surface area contributed by atoms with Crippen molar-refractivity contribution < 1.29 is 14.1 Å². The summed E-state index contributed by atoms with van der Waals surface area (Å²) in [5.74, 6) is 1.75. The minimum absolute atomic E-state index is 0.834. The number of quaternary nitrogens is 1. The molecule has 0 radical (unpaired) electrons. The largest absolute Gasteiger partial charge is 0.497 e. The average Bonchev–Trinajstić information content (AvgIpc) is 3.04. The van der Waals surface area contributed by atoms with Gasteiger partial charge >= 0.3 is 0 Å². The first-order valence-corrected chi connectivity index (χ1v) is 8.39. The molecule has 4 rings (SSSR count). The Morgan fingerprint density at radius 1 is 1.12 bits per heavy atom. The fraction of sp³-hybridized carbons (Fsp3) is 0.316. The number of hydrogen-bond acceptors (Lipinski definition) is 4. The van der Waals surface area contributed by atoms with E-state index in [4.69, 9.17) is 9.15 Å². The monoisotopic (exact) mass is 324 g/mol. The van der Waals surface area contributed by atoms with Crippen molar-refractivity contribution in [2.75, 3.05) is 38.2 Å². The molecule has 1 saturated heterocycles. The lowest BCUT2D eigenvalue weighted by Gasteiger charge is -2.33. The summed E-state index contributed by atoms with van der Waals surface area (Å²) in [5, 5.41) is 0. The number of hydrogen-bond donors (Lipinski definition) is 1. The Hall–Kier alpha value is -2.53. The van der Waals surface area contributed by atoms with E-state index >= 15 is 0 Å². The Balaban J connectivity index is 1.38. The second-order valence-electron chi connectivity index (χ2n) is 6.19. The van der Waals surface area contributed by atoms with Crippen LogP contribution in [0.4, 0.5) is 5.69 Å². The van der Waals surface area contributed by atoms with Crippen molar-refractivity contribution in [2.45, 2.75) is 6.54 Å². The minimum atomic E-state index is 0.834. The second-order valence-corrected chi connectivity index (χ2v) is 6.19. The van der Waals surface area contributed by atoms with Crippen LogP contribution in [0, 0.1) is 0 Å². The smallest absolute Gasteiger partial charge is 0.251 e. The zero-order chi connectivity index (χ0) is 16.4. The fourth-order valence-electron chi connectivity index (χ4n) is 3.27. The molecule has 5 heteroatoms. The molecule has 0 saturated carbocycles. The lowest BCUT2D eigenvalue weighted by atomic mass is 10.2. The predicted molar refractivity (Wildman–Crippen MR) is 93.6 cm³/mol. The highest BCUT2D eigenvalue weighted by Gasteiger charge is 2.22. The zero-order valence-corrected chi connectivity index (χ0v) is 13.9. The van der Waals surface area contributed by atoms with Gasteiger partial charge in [0, 0.05) is 11.8 Å². The van der Waals surface area contributed by atoms with Crippen molar-refractivity contribution in [3.8, 4) is 5.75 Å². The van der Waals surface area contributed by atoms with E-state index in [0.29, 0.717) is 0 Å². The second kappa shape index (κ2) is 6.53. The minimum Gasteiger partial charge on any atom is -0.497 e. The van der Waals surface area contributed by atoms with E-state index in [1.807, 2.05) is 36.4 Å². The highest BCUT2D eigenvalue weighted by Crippen LogP contribution is 2.20. The van der Waals surface area contributed by atoms with Crippen LogP contribution in [-0.2, 0) is 6.54 Å². The fourth-order valence-corrected chi connectivity index (χ4v) is 3.27. The number of nitrogens with one attached hydrogen (secondary N) is 1. The summed E-state index contributed by atoms with van der Waals surface area (Å²) in [7, 11) is 1.71. The van der Waals surface area contributed by atoms with Gasteiger partial charge in [0.1, 0.15) is 11.3 Å². The summed E-state index contributed by atoms with van der Waals surface area (Å²) in [6.45, 7) is 5.07. The van der Waals surface area contributed by atoms with E-state index in [1.165, 1.54) is 10.6 Å². The van der Waals surface area contributed by atoms with Gasteiger partial charge in [-0.15, -0.1) is 0 Å². The molecule has 0 aliphatic carbocycles. The number of benzene rings is 2. The number of oxazole rings is 1. The maximum absolute atomic E-state index is 5.85. The molecule has 2 heterocycles. The van der Waals surface area contributed by atoms with Crippen LogP contribution in [0.15, 0.2) is 52.9 Å². The number of aromatic nitrogens is 1. The molecule has 0 atom stereocenters. The van der Waals surface area contributed by atoms with Crippen LogP contribution in [-0.4, -0.2) is 38.3 Å². The Morgan fingerprint density at radius 2 is 1.96 bits per heavy atom. The predicted octanol–water partition coefficient (Wildman–Crippen LogP) is 1.74. The molecule has 1 aromatic heterocycles. The van der Waals surface area contributed by atoms with Crippen LogP contribution in [0.5, 0.6) is 5.75 Å². The molecular weight excluding hydrogens is 302 g/mol. The maximum Gasteiger partial charge on any atom is 0.251 e. The van der Waals surface area contributed by atoms with Crippen molar-refractivity contribution >= 4 is 16.8 Å². The first kappa shape index (κ1) is 15.0. The van der Waals surface area contributed by atoms with Gasteiger partial charge in [-0.25, -0.2) is 4.98 Å². The molecule has 124 valence electrons. The van der Waals surface area contributed by atoms with E-state index in [2.05, 4.69) is 22.0 Å². The topological polar surface area (TPSA) is 42.9 Å². The molecule has 5 nitrogen and oxygen atoms in total. The molecule has 1 fully saturated rings. The van der Waals surface area contributed by atoms with E-state index < -0.39 is 0 Å². The lowest BCUT2D eigenvalue weighted by Crippen LogP contribution is -3.13. The van der Waals surface area contributed by atoms with Crippen LogP contribution in [0.3, 0.4) is 0 Å². The Kier molecular flexibility index (Phi) is 4.09. The van der Waals surface area contributed by atoms with Crippen LogP contribution in [0.2, 0.25) is 0 Å². The van der Waals surface area contributed by atoms with Gasteiger partial charge in [-0.1, -0.05) is 18.2 Å². The molecule has 1 N–H and O–H groups in total. The maximum atomic E-state index is 5.85. The van der Waals surface area contributed by atoms with E-state index in [-0.39, 0.29) is 0 Å². The van der Waals surface area contributed by atoms with Gasteiger partial charge in [-0.05, 0) is 24.3 Å². The summed E-state index contributed by atoms with van der Waals surface area (Å²) < 4.78 is 11.2. The molecule has 1 aliphatic rings. The number of para-hydroxylation sites is 2. The molecule has 1 aliphatic heterocycles. The first-order valence-electron chi connectivity index (χ1n) is 8.39. The molecule has 0 spiro atoms. The molecule has 2 aromatic carbocycles. The van der Waals surface area contributed by atoms with E-state index in [1.54, 1.807) is 7.11 Å². The normalized spacial score (nSPS) is 15.8. The summed E-state index contributed by atoms with van der Waals surface area (Å²) in [5.41, 5.74) is 3.05. The quantitative estimate of drug-likeness (QED) is 0.794. The standard InChI is InChI=1S/C19H21N3O2/c1-23-16-6-4-5-15(13-16)22-11-9-21(10-12-22)14-19-20-17-7-2-3-8-18(17)24-19/h2-8,13H,9-12,14H2,1H3/p+1. The summed E-state index contributed by atoms with van der Waals surface area (Å²) in [6.07, 6.45) is 0. The molecule has 0 bridgehead atoms. The molecule has 0 unspecified atom stereocenters. The van der Waals surface area contributed by atoms with Gasteiger partial charge in [-0.3, -0.25) is 0 Å². The van der Waals surface area contributed by atoms with E-state index in [0.717, 1.165) is 55.5 Å². The van der Waals surface area contributed by atoms with Crippen molar-refractivity contribution in [1.82, 2.24) is 4.98 Å². The number of anilines is 1. The average molecular weight is 324 g/mol. The number of methoxy groups -OCH3 is 1. The number of ether oxygens (including phenoxy) is 1. The van der Waals surface area contributed by atoms with Gasteiger partial charge in [0.05, 0.1) is 33.3 Å². The third-order valence-electron chi connectivity index (χ3n) is 4.63. The van der Waals surface area contributed by atoms with Gasteiger partial charge in [0.25, 0.3) is 5.89 Å². The van der Waals surface area contributed by atoms with E-state index in [9.17, 15) is 0 Å². The van der Waals surface area contributed by atoms with Gasteiger partial charge in [0.15, 0.2) is 12.1 Å². The third-order valence-corrected chi connectivity index (χ3v) is 4.63. The first-order chi connectivity index (χ1) is 11.8. The van der Waals surface area contributed by atoms with Crippen LogP contribution in [0.25, 0.3) is 11.1 Å². The highest BCUT2D eigenvalue weighted by atomic mass is 16.5. The van der Waals surface area contributed by atoms with Crippen LogP contribution in [0.1, 0.15) is 5.89 Å². The highest BCUT2D eigenvalue weighted by molar-refractivity contribution is 5.72. The van der Waals surface area contributed by atoms with Crippen LogP contribution >= 0.6 is 0 Å². The summed E-state index contributed by atoms with van der Waals surface area (Å²) in [6, 6.07) is 16.2. The Bertz CT molecular complexity index is 789. The molecule has 3 aromatic rings. The number of rotatable bonds is 4. The summed E-state index contributed by atoms with van der Waals surface area (Å²) in [4.78, 5) is 8.52. The van der Waals surface area contributed by atoms with Crippen molar-refractivity contribution in [3.05, 3.63) is 54.4 Å². The Labute approximate surface area is 141 Å². The van der Waals surface area contributed by atoms with Crippen molar-refractivity contribution in [1.29, 1.82) is 0 Å². The van der Waals surface area contributed by atoms with Crippen molar-refractivity contribution in [2.24, 2.45) is 0 Å². The number of fused-ring (bicyclic) bond motifs is 1. The number of nitrogens with zero attached hydrogens (tertiary/aromatic N) is 2. The summed E-state index contributed by atoms with van der Waals surface area (Å²) >= 11 is 0. The van der Waals surface area contributed by atoms with Crippen molar-refractivity contribution in [3.63, 3.8) is 0 Å². The molecular formula is C19H22N3O2+. The molecule has 0 amide bonds. The van der Waals surface area contributed by atoms with Crippen LogP contribution < -0.4 is 14.5 Å². The number of piperazine rings is 1. The molecule has 24 heavy (non-hydrogen) atoms. The third kappa shape index (κ3) is 3.08. The van der Waals surface area contributed by atoms with Gasteiger partial charge in [0.2, 0.25) is 0 Å². The lowest BCUT2D eigenvalue weighted by molar-refractivity contribution is -0.915. The zero-order valence-electron chi connectivity index (χ0n) is 13.9. The van der Waals surface area contributed by atoms with Gasteiger partial charge in [-0.2, -0.15) is 0 Å².